The molecular formula is C14H27N3. The van der Waals surface area contributed by atoms with Crippen LogP contribution in [-0.4, -0.2) is 37.5 Å². The summed E-state index contributed by atoms with van der Waals surface area (Å²) < 4.78 is 0. The van der Waals surface area contributed by atoms with E-state index in [1.54, 1.807) is 0 Å². The van der Waals surface area contributed by atoms with Gasteiger partial charge in [-0.2, -0.15) is 0 Å². The molecule has 1 heterocycles. The van der Waals surface area contributed by atoms with Crippen LogP contribution in [0.5, 0.6) is 0 Å². The van der Waals surface area contributed by atoms with E-state index in [0.717, 1.165) is 12.5 Å². The average molecular weight is 237 g/mol. The zero-order valence-corrected chi connectivity index (χ0v) is 11.5. The molecule has 0 aromatic carbocycles. The summed E-state index contributed by atoms with van der Waals surface area (Å²) in [6, 6.07) is 0. The van der Waals surface area contributed by atoms with Gasteiger partial charge in [0.15, 0.2) is 5.96 Å². The summed E-state index contributed by atoms with van der Waals surface area (Å²) in [5, 5.41) is 3.49. The first kappa shape index (κ1) is 12.7. The number of hydrogen-bond donors (Lipinski definition) is 1. The van der Waals surface area contributed by atoms with Gasteiger partial charge >= 0.3 is 0 Å². The van der Waals surface area contributed by atoms with Gasteiger partial charge in [0.2, 0.25) is 0 Å². The lowest BCUT2D eigenvalue weighted by atomic mass is 9.86. The van der Waals surface area contributed by atoms with Crippen molar-refractivity contribution in [2.45, 2.75) is 51.9 Å². The van der Waals surface area contributed by atoms with Gasteiger partial charge in [0.25, 0.3) is 0 Å². The third kappa shape index (κ3) is 2.93. The molecule has 1 N–H and O–H groups in total. The van der Waals surface area contributed by atoms with Gasteiger partial charge in [0.1, 0.15) is 0 Å². The number of nitrogens with one attached hydrogen (secondary N) is 1. The van der Waals surface area contributed by atoms with Crippen molar-refractivity contribution in [3.63, 3.8) is 0 Å². The molecule has 0 unspecified atom stereocenters. The van der Waals surface area contributed by atoms with E-state index in [1.165, 1.54) is 58.0 Å². The van der Waals surface area contributed by atoms with Crippen LogP contribution in [0.25, 0.3) is 0 Å². The highest BCUT2D eigenvalue weighted by Gasteiger charge is 2.40. The summed E-state index contributed by atoms with van der Waals surface area (Å²) in [6.07, 6.45) is 9.61. The Morgan fingerprint density at radius 3 is 2.71 bits per heavy atom. The van der Waals surface area contributed by atoms with Crippen molar-refractivity contribution in [2.24, 2.45) is 10.4 Å². The largest absolute Gasteiger partial charge is 0.356 e. The van der Waals surface area contributed by atoms with Gasteiger partial charge in [0.05, 0.1) is 0 Å². The second-order valence-corrected chi connectivity index (χ2v) is 5.71. The molecule has 0 bridgehead atoms. The molecule has 1 saturated heterocycles. The minimum atomic E-state index is 0.641. The van der Waals surface area contributed by atoms with E-state index in [4.69, 9.17) is 0 Å². The lowest BCUT2D eigenvalue weighted by Crippen LogP contribution is -2.41. The molecule has 2 rings (SSSR count). The number of nitrogens with zero attached hydrogens (tertiary/aromatic N) is 2. The van der Waals surface area contributed by atoms with Gasteiger partial charge in [-0.1, -0.05) is 26.2 Å². The molecule has 0 radical (unpaired) electrons. The standard InChI is InChI=1S/C14H27N3/c1-3-4-10-16-13(15-2)17-11-9-14(12-17)7-5-6-8-14/h3-12H2,1-2H3,(H,15,16). The number of hydrogen-bond acceptors (Lipinski definition) is 1. The molecule has 3 nitrogen and oxygen atoms in total. The molecule has 17 heavy (non-hydrogen) atoms. The summed E-state index contributed by atoms with van der Waals surface area (Å²) >= 11 is 0. The van der Waals surface area contributed by atoms with E-state index < -0.39 is 0 Å². The molecular weight excluding hydrogens is 210 g/mol. The van der Waals surface area contributed by atoms with Gasteiger partial charge < -0.3 is 10.2 Å². The van der Waals surface area contributed by atoms with Crippen LogP contribution in [0.1, 0.15) is 51.9 Å². The maximum absolute atomic E-state index is 4.43. The predicted molar refractivity (Wildman–Crippen MR) is 73.4 cm³/mol. The van der Waals surface area contributed by atoms with Crippen molar-refractivity contribution in [3.8, 4) is 0 Å². The summed E-state index contributed by atoms with van der Waals surface area (Å²) in [7, 11) is 1.91. The lowest BCUT2D eigenvalue weighted by Gasteiger charge is -2.25. The van der Waals surface area contributed by atoms with Crippen LogP contribution in [0.2, 0.25) is 0 Å². The monoisotopic (exact) mass is 237 g/mol. The van der Waals surface area contributed by atoms with Gasteiger partial charge in [-0.05, 0) is 31.1 Å². The molecule has 2 fully saturated rings. The molecule has 0 aromatic rings. The van der Waals surface area contributed by atoms with Crippen molar-refractivity contribution in [3.05, 3.63) is 0 Å². The fourth-order valence-corrected chi connectivity index (χ4v) is 3.36. The topological polar surface area (TPSA) is 27.6 Å². The van der Waals surface area contributed by atoms with E-state index in [9.17, 15) is 0 Å². The first-order valence-electron chi connectivity index (χ1n) is 7.25. The van der Waals surface area contributed by atoms with Crippen LogP contribution in [-0.2, 0) is 0 Å². The normalized spacial score (nSPS) is 23.6. The number of unbranched alkanes of at least 4 members (excludes halogenated alkanes) is 1. The minimum absolute atomic E-state index is 0.641. The summed E-state index contributed by atoms with van der Waals surface area (Å²) in [6.45, 7) is 5.73. The van der Waals surface area contributed by atoms with Crippen LogP contribution in [0.4, 0.5) is 0 Å². The molecule has 1 aliphatic carbocycles. The Kier molecular flexibility index (Phi) is 4.30. The van der Waals surface area contributed by atoms with Gasteiger partial charge in [-0.3, -0.25) is 4.99 Å². The first-order valence-corrected chi connectivity index (χ1v) is 7.25. The number of rotatable bonds is 3. The Bertz CT molecular complexity index is 267. The Hall–Kier alpha value is -0.730. The maximum Gasteiger partial charge on any atom is 0.193 e. The van der Waals surface area contributed by atoms with Crippen LogP contribution < -0.4 is 5.32 Å². The Labute approximate surface area is 106 Å². The lowest BCUT2D eigenvalue weighted by molar-refractivity contribution is 0.309. The highest BCUT2D eigenvalue weighted by Crippen LogP contribution is 2.45. The molecule has 0 aromatic heterocycles. The fraction of sp³-hybridized carbons (Fsp3) is 0.929. The van der Waals surface area contributed by atoms with Crippen molar-refractivity contribution in [1.29, 1.82) is 0 Å². The van der Waals surface area contributed by atoms with Crippen molar-refractivity contribution < 1.29 is 0 Å². The van der Waals surface area contributed by atoms with E-state index in [1.807, 2.05) is 7.05 Å². The maximum atomic E-state index is 4.43. The Morgan fingerprint density at radius 2 is 2.06 bits per heavy atom. The predicted octanol–water partition coefficient (Wildman–Crippen LogP) is 2.63. The molecule has 0 amide bonds. The molecule has 1 saturated carbocycles. The van der Waals surface area contributed by atoms with Gasteiger partial charge in [-0.25, -0.2) is 0 Å². The van der Waals surface area contributed by atoms with E-state index in [2.05, 4.69) is 22.1 Å². The van der Waals surface area contributed by atoms with E-state index >= 15 is 0 Å². The highest BCUT2D eigenvalue weighted by molar-refractivity contribution is 5.80. The summed E-state index contributed by atoms with van der Waals surface area (Å²) in [4.78, 5) is 6.90. The average Bonchev–Trinajstić information content (AvgIpc) is 2.96. The van der Waals surface area contributed by atoms with Crippen molar-refractivity contribution in [2.75, 3.05) is 26.7 Å². The smallest absolute Gasteiger partial charge is 0.193 e. The second kappa shape index (κ2) is 5.74. The van der Waals surface area contributed by atoms with Gasteiger partial charge in [-0.15, -0.1) is 0 Å². The summed E-state index contributed by atoms with van der Waals surface area (Å²) in [5.74, 6) is 1.13. The fourth-order valence-electron chi connectivity index (χ4n) is 3.36. The SMILES string of the molecule is CCCCNC(=NC)N1CCC2(CCCC2)C1. The third-order valence-corrected chi connectivity index (χ3v) is 4.43. The van der Waals surface area contributed by atoms with E-state index in [0.29, 0.717) is 5.41 Å². The van der Waals surface area contributed by atoms with Crippen LogP contribution >= 0.6 is 0 Å². The zero-order chi connectivity index (χ0) is 12.1. The van der Waals surface area contributed by atoms with E-state index in [-0.39, 0.29) is 0 Å². The number of aliphatic imine (C=N–C) groups is 1. The third-order valence-electron chi connectivity index (χ3n) is 4.43. The highest BCUT2D eigenvalue weighted by atomic mass is 15.3. The zero-order valence-electron chi connectivity index (χ0n) is 11.5. The number of guanidine groups is 1. The number of likely N-dealkylation sites (tertiary alicyclic amines) is 1. The van der Waals surface area contributed by atoms with Crippen molar-refractivity contribution in [1.82, 2.24) is 10.2 Å². The molecule has 0 atom stereocenters. The molecule has 1 spiro atoms. The van der Waals surface area contributed by atoms with Gasteiger partial charge in [0, 0.05) is 26.7 Å². The molecule has 98 valence electrons. The van der Waals surface area contributed by atoms with Crippen LogP contribution in [0.3, 0.4) is 0 Å². The van der Waals surface area contributed by atoms with Crippen LogP contribution in [0, 0.1) is 5.41 Å². The Balaban J connectivity index is 1.85. The van der Waals surface area contributed by atoms with Crippen LogP contribution in [0.15, 0.2) is 4.99 Å². The second-order valence-electron chi connectivity index (χ2n) is 5.71. The Morgan fingerprint density at radius 1 is 1.29 bits per heavy atom. The quantitative estimate of drug-likeness (QED) is 0.464. The van der Waals surface area contributed by atoms with Crippen molar-refractivity contribution >= 4 is 5.96 Å². The molecule has 2 aliphatic rings. The summed E-state index contributed by atoms with van der Waals surface area (Å²) in [5.41, 5.74) is 0.641. The minimum Gasteiger partial charge on any atom is -0.356 e. The molecule has 3 heteroatoms. The first-order chi connectivity index (χ1) is 8.29. The molecule has 1 aliphatic heterocycles.